The summed E-state index contributed by atoms with van der Waals surface area (Å²) < 4.78 is 0. The number of nitrogens with one attached hydrogen (secondary N) is 2. The molecule has 3 amide bonds. The third kappa shape index (κ3) is 7.04. The van der Waals surface area contributed by atoms with Crippen LogP contribution in [0.2, 0.25) is 0 Å². The Hall–Kier alpha value is -2.37. The van der Waals surface area contributed by atoms with Crippen LogP contribution in [-0.2, 0) is 20.8 Å². The highest BCUT2D eigenvalue weighted by Crippen LogP contribution is 2.18. The highest BCUT2D eigenvalue weighted by atomic mass is 16.2. The highest BCUT2D eigenvalue weighted by molar-refractivity contribution is 5.80. The highest BCUT2D eigenvalue weighted by Gasteiger charge is 2.26. The van der Waals surface area contributed by atoms with Crippen LogP contribution in [0, 0.1) is 11.8 Å². The second kappa shape index (κ2) is 10.7. The second-order valence-corrected chi connectivity index (χ2v) is 7.38. The van der Waals surface area contributed by atoms with Gasteiger partial charge in [0.1, 0.15) is 0 Å². The number of piperidine rings is 1. The van der Waals surface area contributed by atoms with Gasteiger partial charge in [0.15, 0.2) is 0 Å². The van der Waals surface area contributed by atoms with E-state index in [1.165, 1.54) is 5.56 Å². The number of amides is 3. The van der Waals surface area contributed by atoms with E-state index in [9.17, 15) is 14.4 Å². The molecule has 0 spiro atoms. The number of carbonyl (C=O) groups excluding carboxylic acids is 3. The molecule has 0 atom stereocenters. The Morgan fingerprint density at radius 3 is 2.30 bits per heavy atom. The fourth-order valence-corrected chi connectivity index (χ4v) is 3.17. The van der Waals surface area contributed by atoms with Crippen molar-refractivity contribution >= 4 is 17.7 Å². The number of hydrogen-bond acceptors (Lipinski definition) is 3. The lowest BCUT2D eigenvalue weighted by Crippen LogP contribution is -2.44. The Balaban J connectivity index is 1.63. The zero-order valence-corrected chi connectivity index (χ0v) is 16.4. The van der Waals surface area contributed by atoms with Crippen molar-refractivity contribution in [1.29, 1.82) is 0 Å². The van der Waals surface area contributed by atoms with Gasteiger partial charge in [0.25, 0.3) is 0 Å². The molecule has 1 aliphatic rings. The van der Waals surface area contributed by atoms with E-state index < -0.39 is 0 Å². The van der Waals surface area contributed by atoms with Crippen LogP contribution in [0.1, 0.15) is 38.7 Å². The van der Waals surface area contributed by atoms with Gasteiger partial charge in [-0.1, -0.05) is 44.2 Å². The molecule has 0 radical (unpaired) electrons. The minimum Gasteiger partial charge on any atom is -0.354 e. The molecular weight excluding hydrogens is 342 g/mol. The van der Waals surface area contributed by atoms with Crippen LogP contribution in [0.25, 0.3) is 0 Å². The lowest BCUT2D eigenvalue weighted by Gasteiger charge is -2.31. The molecule has 6 nitrogen and oxygen atoms in total. The Morgan fingerprint density at radius 2 is 1.67 bits per heavy atom. The summed E-state index contributed by atoms with van der Waals surface area (Å²) in [5.41, 5.74) is 1.17. The SMILES string of the molecule is CC(C)C(=O)NCCNC(=O)C1CCN(C(=O)CCc2ccccc2)CC1. The molecule has 0 unspecified atom stereocenters. The van der Waals surface area contributed by atoms with Gasteiger partial charge < -0.3 is 15.5 Å². The quantitative estimate of drug-likeness (QED) is 0.682. The van der Waals surface area contributed by atoms with Crippen LogP contribution in [-0.4, -0.2) is 48.8 Å². The van der Waals surface area contributed by atoms with Crippen LogP contribution in [0.5, 0.6) is 0 Å². The maximum atomic E-state index is 12.4. The Labute approximate surface area is 161 Å². The zero-order valence-electron chi connectivity index (χ0n) is 16.4. The molecule has 1 fully saturated rings. The van der Waals surface area contributed by atoms with Crippen LogP contribution < -0.4 is 10.6 Å². The van der Waals surface area contributed by atoms with E-state index in [1.807, 2.05) is 49.1 Å². The summed E-state index contributed by atoms with van der Waals surface area (Å²) in [6.07, 6.45) is 2.65. The standard InChI is InChI=1S/C21H31N3O3/c1-16(2)20(26)22-12-13-23-21(27)18-10-14-24(15-11-18)19(25)9-8-17-6-4-3-5-7-17/h3-7,16,18H,8-15H2,1-2H3,(H,22,26)(H,23,27). The molecule has 1 aromatic carbocycles. The fourth-order valence-electron chi connectivity index (χ4n) is 3.17. The molecule has 0 aromatic heterocycles. The lowest BCUT2D eigenvalue weighted by atomic mass is 9.95. The summed E-state index contributed by atoms with van der Waals surface area (Å²) in [5, 5.41) is 5.66. The maximum Gasteiger partial charge on any atom is 0.223 e. The van der Waals surface area contributed by atoms with Crippen molar-refractivity contribution in [3.63, 3.8) is 0 Å². The summed E-state index contributed by atoms with van der Waals surface area (Å²) in [4.78, 5) is 37.9. The Morgan fingerprint density at radius 1 is 1.04 bits per heavy atom. The molecule has 1 saturated heterocycles. The number of nitrogens with zero attached hydrogens (tertiary/aromatic N) is 1. The van der Waals surface area contributed by atoms with Crippen molar-refractivity contribution in [2.24, 2.45) is 11.8 Å². The summed E-state index contributed by atoms with van der Waals surface area (Å²) in [7, 11) is 0. The molecule has 0 saturated carbocycles. The molecular formula is C21H31N3O3. The van der Waals surface area contributed by atoms with Crippen molar-refractivity contribution < 1.29 is 14.4 Å². The Kier molecular flexibility index (Phi) is 8.30. The van der Waals surface area contributed by atoms with Crippen LogP contribution in [0.3, 0.4) is 0 Å². The molecule has 1 aliphatic heterocycles. The molecule has 0 aliphatic carbocycles. The van der Waals surface area contributed by atoms with Crippen molar-refractivity contribution in [3.8, 4) is 0 Å². The Bertz CT molecular complexity index is 623. The second-order valence-electron chi connectivity index (χ2n) is 7.38. The average Bonchev–Trinajstić information content (AvgIpc) is 2.69. The van der Waals surface area contributed by atoms with Crippen LogP contribution >= 0.6 is 0 Å². The largest absolute Gasteiger partial charge is 0.354 e. The van der Waals surface area contributed by atoms with Crippen LogP contribution in [0.15, 0.2) is 30.3 Å². The zero-order chi connectivity index (χ0) is 19.6. The van der Waals surface area contributed by atoms with E-state index in [4.69, 9.17) is 0 Å². The van der Waals surface area contributed by atoms with Crippen LogP contribution in [0.4, 0.5) is 0 Å². The van der Waals surface area contributed by atoms with Crippen molar-refractivity contribution in [2.45, 2.75) is 39.5 Å². The number of carbonyl (C=O) groups is 3. The predicted octanol–water partition coefficient (Wildman–Crippen LogP) is 1.75. The number of likely N-dealkylation sites (tertiary alicyclic amines) is 1. The summed E-state index contributed by atoms with van der Waals surface area (Å²) in [6.45, 7) is 5.82. The normalized spacial score (nSPS) is 14.9. The molecule has 0 bridgehead atoms. The van der Waals surface area contributed by atoms with Crippen molar-refractivity contribution in [3.05, 3.63) is 35.9 Å². The molecule has 6 heteroatoms. The minimum absolute atomic E-state index is 0.00780. The van der Waals surface area contributed by atoms with Crippen molar-refractivity contribution in [2.75, 3.05) is 26.2 Å². The summed E-state index contributed by atoms with van der Waals surface area (Å²) in [5.74, 6) is 0.0688. The van der Waals surface area contributed by atoms with Gasteiger partial charge in [-0.2, -0.15) is 0 Å². The predicted molar refractivity (Wildman–Crippen MR) is 105 cm³/mol. The van der Waals surface area contributed by atoms with Gasteiger partial charge in [-0.15, -0.1) is 0 Å². The van der Waals surface area contributed by atoms with Gasteiger partial charge in [0.05, 0.1) is 0 Å². The van der Waals surface area contributed by atoms with E-state index in [0.717, 1.165) is 6.42 Å². The first kappa shape index (κ1) is 20.9. The van der Waals surface area contributed by atoms with Gasteiger partial charge in [-0.25, -0.2) is 0 Å². The van der Waals surface area contributed by atoms with Crippen molar-refractivity contribution in [1.82, 2.24) is 15.5 Å². The third-order valence-electron chi connectivity index (χ3n) is 4.94. The average molecular weight is 373 g/mol. The molecule has 1 heterocycles. The number of aryl methyl sites for hydroxylation is 1. The summed E-state index contributed by atoms with van der Waals surface area (Å²) >= 11 is 0. The summed E-state index contributed by atoms with van der Waals surface area (Å²) in [6, 6.07) is 10.0. The number of hydrogen-bond donors (Lipinski definition) is 2. The van der Waals surface area contributed by atoms with E-state index in [-0.39, 0.29) is 29.6 Å². The smallest absolute Gasteiger partial charge is 0.223 e. The number of benzene rings is 1. The lowest BCUT2D eigenvalue weighted by molar-refractivity contribution is -0.135. The molecule has 2 rings (SSSR count). The fraction of sp³-hybridized carbons (Fsp3) is 0.571. The number of rotatable bonds is 8. The first-order valence-corrected chi connectivity index (χ1v) is 9.84. The topological polar surface area (TPSA) is 78.5 Å². The van der Waals surface area contributed by atoms with Gasteiger partial charge in [0.2, 0.25) is 17.7 Å². The van der Waals surface area contributed by atoms with E-state index >= 15 is 0 Å². The van der Waals surface area contributed by atoms with Gasteiger partial charge in [0, 0.05) is 44.4 Å². The maximum absolute atomic E-state index is 12.4. The minimum atomic E-state index is -0.0519. The first-order valence-electron chi connectivity index (χ1n) is 9.84. The van der Waals surface area contributed by atoms with Gasteiger partial charge in [-0.05, 0) is 24.8 Å². The first-order chi connectivity index (χ1) is 13.0. The molecule has 27 heavy (non-hydrogen) atoms. The third-order valence-corrected chi connectivity index (χ3v) is 4.94. The van der Waals surface area contributed by atoms with E-state index in [0.29, 0.717) is 45.4 Å². The van der Waals surface area contributed by atoms with Gasteiger partial charge >= 0.3 is 0 Å². The molecule has 148 valence electrons. The van der Waals surface area contributed by atoms with E-state index in [1.54, 1.807) is 0 Å². The molecule has 2 N–H and O–H groups in total. The molecule has 1 aromatic rings. The van der Waals surface area contributed by atoms with E-state index in [2.05, 4.69) is 10.6 Å². The van der Waals surface area contributed by atoms with Gasteiger partial charge in [-0.3, -0.25) is 14.4 Å². The monoisotopic (exact) mass is 373 g/mol.